The Morgan fingerprint density at radius 2 is 1.90 bits per heavy atom. The third kappa shape index (κ3) is 5.08. The van der Waals surface area contributed by atoms with Crippen molar-refractivity contribution in [2.24, 2.45) is 0 Å². The summed E-state index contributed by atoms with van der Waals surface area (Å²) in [6.45, 7) is 2.49. The molecule has 0 atom stereocenters. The number of benzene rings is 1. The van der Waals surface area contributed by atoms with Crippen molar-refractivity contribution < 1.29 is 9.47 Å². The van der Waals surface area contributed by atoms with Gasteiger partial charge in [0.2, 0.25) is 0 Å². The molecule has 0 saturated carbocycles. The lowest BCUT2D eigenvalue weighted by atomic mass is 10.1. The lowest BCUT2D eigenvalue weighted by Gasteiger charge is -2.05. The van der Waals surface area contributed by atoms with Crippen molar-refractivity contribution in [3.8, 4) is 5.75 Å². The van der Waals surface area contributed by atoms with E-state index in [0.717, 1.165) is 53.9 Å². The van der Waals surface area contributed by atoms with Crippen molar-refractivity contribution in [2.75, 3.05) is 33.9 Å². The van der Waals surface area contributed by atoms with Gasteiger partial charge in [-0.05, 0) is 6.07 Å². The average molecular weight is 307 g/mol. The van der Waals surface area contributed by atoms with Crippen molar-refractivity contribution >= 4 is 11.3 Å². The van der Waals surface area contributed by atoms with Gasteiger partial charge in [-0.2, -0.15) is 0 Å². The zero-order chi connectivity index (χ0) is 14.9. The van der Waals surface area contributed by atoms with Gasteiger partial charge in [-0.1, -0.05) is 18.2 Å². The Morgan fingerprint density at radius 3 is 2.71 bits per heavy atom. The fourth-order valence-corrected chi connectivity index (χ4v) is 2.83. The van der Waals surface area contributed by atoms with Crippen LogP contribution in [-0.2, 0) is 17.6 Å². The number of para-hydroxylation sites is 1. The molecule has 1 aromatic heterocycles. The van der Waals surface area contributed by atoms with Gasteiger partial charge >= 0.3 is 0 Å². The van der Waals surface area contributed by atoms with E-state index in [-0.39, 0.29) is 0 Å². The van der Waals surface area contributed by atoms with Gasteiger partial charge in [0.1, 0.15) is 15.8 Å². The zero-order valence-corrected chi connectivity index (χ0v) is 13.3. The van der Waals surface area contributed by atoms with Crippen LogP contribution in [0.3, 0.4) is 0 Å². The molecule has 0 fully saturated rings. The average Bonchev–Trinajstić information content (AvgIpc) is 2.95. The van der Waals surface area contributed by atoms with E-state index in [0.29, 0.717) is 0 Å². The smallest absolute Gasteiger partial charge is 0.122 e. The van der Waals surface area contributed by atoms with Gasteiger partial charge in [-0.3, -0.25) is 0 Å². The maximum Gasteiger partial charge on any atom is 0.122 e. The molecule has 0 aliphatic rings. The van der Waals surface area contributed by atoms with Crippen LogP contribution < -0.4 is 10.1 Å². The maximum absolute atomic E-state index is 5.36. The minimum Gasteiger partial charge on any atom is -0.496 e. The molecule has 0 radical (unpaired) electrons. The molecular formula is C15H21N3O2S. The van der Waals surface area contributed by atoms with Crippen LogP contribution in [0, 0.1) is 0 Å². The van der Waals surface area contributed by atoms with Crippen molar-refractivity contribution in [1.82, 2.24) is 15.5 Å². The zero-order valence-electron chi connectivity index (χ0n) is 12.5. The minimum atomic E-state index is 0.731. The van der Waals surface area contributed by atoms with Gasteiger partial charge in [-0.15, -0.1) is 21.5 Å². The Labute approximate surface area is 129 Å². The predicted octanol–water partition coefficient (Wildman–Crippen LogP) is 1.92. The fourth-order valence-electron chi connectivity index (χ4n) is 1.97. The topological polar surface area (TPSA) is 56.3 Å². The number of methoxy groups -OCH3 is 2. The van der Waals surface area contributed by atoms with Gasteiger partial charge in [-0.25, -0.2) is 0 Å². The number of aromatic nitrogens is 2. The summed E-state index contributed by atoms with van der Waals surface area (Å²) in [6.07, 6.45) is 1.66. The Hall–Kier alpha value is -1.50. The van der Waals surface area contributed by atoms with Crippen LogP contribution in [0.1, 0.15) is 15.6 Å². The van der Waals surface area contributed by atoms with E-state index in [2.05, 4.69) is 21.6 Å². The highest BCUT2D eigenvalue weighted by Gasteiger charge is 2.08. The third-order valence-electron chi connectivity index (χ3n) is 3.04. The minimum absolute atomic E-state index is 0.731. The highest BCUT2D eigenvalue weighted by molar-refractivity contribution is 7.11. The maximum atomic E-state index is 5.36. The van der Waals surface area contributed by atoms with Gasteiger partial charge in [0.25, 0.3) is 0 Å². The number of nitrogens with one attached hydrogen (secondary N) is 1. The first-order valence-corrected chi connectivity index (χ1v) is 7.78. The van der Waals surface area contributed by atoms with Gasteiger partial charge < -0.3 is 14.8 Å². The standard InChI is InChI=1S/C15H21N3O2S/c1-19-10-9-16-8-7-14-17-18-15(21-14)11-12-5-3-4-6-13(12)20-2/h3-6,16H,7-11H2,1-2H3. The first-order valence-electron chi connectivity index (χ1n) is 6.96. The summed E-state index contributed by atoms with van der Waals surface area (Å²) in [6, 6.07) is 8.02. The molecule has 0 amide bonds. The van der Waals surface area contributed by atoms with Gasteiger partial charge in [0.05, 0.1) is 13.7 Å². The highest BCUT2D eigenvalue weighted by atomic mass is 32.1. The molecule has 0 bridgehead atoms. The monoisotopic (exact) mass is 307 g/mol. The Balaban J connectivity index is 1.85. The highest BCUT2D eigenvalue weighted by Crippen LogP contribution is 2.22. The lowest BCUT2D eigenvalue weighted by molar-refractivity contribution is 0.199. The van der Waals surface area contributed by atoms with Crippen LogP contribution >= 0.6 is 11.3 Å². The van der Waals surface area contributed by atoms with E-state index in [1.807, 2.05) is 18.2 Å². The molecule has 0 spiro atoms. The molecule has 1 heterocycles. The second-order valence-electron chi connectivity index (χ2n) is 4.57. The summed E-state index contributed by atoms with van der Waals surface area (Å²) in [5.41, 5.74) is 1.14. The van der Waals surface area contributed by atoms with E-state index in [9.17, 15) is 0 Å². The molecule has 0 saturated heterocycles. The van der Waals surface area contributed by atoms with Crippen molar-refractivity contribution in [1.29, 1.82) is 0 Å². The van der Waals surface area contributed by atoms with Gasteiger partial charge in [0.15, 0.2) is 0 Å². The Kier molecular flexibility index (Phi) is 6.59. The van der Waals surface area contributed by atoms with Gasteiger partial charge in [0, 0.05) is 38.6 Å². The normalized spacial score (nSPS) is 10.8. The first kappa shape index (κ1) is 15.9. The van der Waals surface area contributed by atoms with E-state index in [1.165, 1.54) is 0 Å². The molecule has 0 aliphatic heterocycles. The first-order chi connectivity index (χ1) is 10.3. The summed E-state index contributed by atoms with van der Waals surface area (Å²) in [5.74, 6) is 0.899. The van der Waals surface area contributed by atoms with Crippen molar-refractivity contribution in [3.05, 3.63) is 39.8 Å². The number of nitrogens with zero attached hydrogens (tertiary/aromatic N) is 2. The summed E-state index contributed by atoms with van der Waals surface area (Å²) >= 11 is 1.66. The molecule has 2 rings (SSSR count). The SMILES string of the molecule is COCCNCCc1nnc(Cc2ccccc2OC)s1. The second kappa shape index (κ2) is 8.71. The Morgan fingerprint density at radius 1 is 1.10 bits per heavy atom. The van der Waals surface area contributed by atoms with Crippen LogP contribution in [-0.4, -0.2) is 44.1 Å². The number of hydrogen-bond acceptors (Lipinski definition) is 6. The van der Waals surface area contributed by atoms with Crippen LogP contribution in [0.4, 0.5) is 0 Å². The van der Waals surface area contributed by atoms with Crippen molar-refractivity contribution in [2.45, 2.75) is 12.8 Å². The molecule has 0 aliphatic carbocycles. The van der Waals surface area contributed by atoms with E-state index in [1.54, 1.807) is 25.6 Å². The third-order valence-corrected chi connectivity index (χ3v) is 4.02. The summed E-state index contributed by atoms with van der Waals surface area (Å²) in [5, 5.41) is 13.9. The van der Waals surface area contributed by atoms with Crippen LogP contribution in [0.2, 0.25) is 0 Å². The molecule has 1 aromatic carbocycles. The number of rotatable bonds is 9. The molecular weight excluding hydrogens is 286 g/mol. The molecule has 1 N–H and O–H groups in total. The molecule has 114 valence electrons. The molecule has 2 aromatic rings. The molecule has 21 heavy (non-hydrogen) atoms. The summed E-state index contributed by atoms with van der Waals surface area (Å²) in [4.78, 5) is 0. The summed E-state index contributed by atoms with van der Waals surface area (Å²) in [7, 11) is 3.40. The van der Waals surface area contributed by atoms with Crippen molar-refractivity contribution in [3.63, 3.8) is 0 Å². The van der Waals surface area contributed by atoms with E-state index < -0.39 is 0 Å². The molecule has 5 nitrogen and oxygen atoms in total. The second-order valence-corrected chi connectivity index (χ2v) is 5.72. The number of ether oxygens (including phenoxy) is 2. The van der Waals surface area contributed by atoms with Crippen LogP contribution in [0.5, 0.6) is 5.75 Å². The predicted molar refractivity (Wildman–Crippen MR) is 84.2 cm³/mol. The largest absolute Gasteiger partial charge is 0.496 e. The van der Waals surface area contributed by atoms with E-state index in [4.69, 9.17) is 9.47 Å². The molecule has 0 unspecified atom stereocenters. The van der Waals surface area contributed by atoms with Crippen LogP contribution in [0.25, 0.3) is 0 Å². The summed E-state index contributed by atoms with van der Waals surface area (Å²) < 4.78 is 10.3. The molecule has 6 heteroatoms. The van der Waals surface area contributed by atoms with Crippen LogP contribution in [0.15, 0.2) is 24.3 Å². The number of hydrogen-bond donors (Lipinski definition) is 1. The lowest BCUT2D eigenvalue weighted by Crippen LogP contribution is -2.21. The van der Waals surface area contributed by atoms with E-state index >= 15 is 0 Å². The fraction of sp³-hybridized carbons (Fsp3) is 0.467. The quantitative estimate of drug-likeness (QED) is 0.717. The Bertz CT molecular complexity index is 545.